The lowest BCUT2D eigenvalue weighted by molar-refractivity contribution is -0.136. The first-order valence-corrected chi connectivity index (χ1v) is 7.01. The molecular formula is C13H20O2S2. The van der Waals surface area contributed by atoms with Crippen molar-refractivity contribution in [2.45, 2.75) is 38.9 Å². The zero-order valence-corrected chi connectivity index (χ0v) is 12.2. The van der Waals surface area contributed by atoms with Crippen molar-refractivity contribution in [3.05, 3.63) is 24.3 Å². The Bertz CT molecular complexity index is 309. The zero-order chi connectivity index (χ0) is 13.3. The third kappa shape index (κ3) is 9.12. The van der Waals surface area contributed by atoms with Crippen molar-refractivity contribution in [3.63, 3.8) is 0 Å². The van der Waals surface area contributed by atoms with Crippen molar-refractivity contribution in [3.8, 4) is 0 Å². The van der Waals surface area contributed by atoms with E-state index < -0.39 is 11.2 Å². The molecular weight excluding hydrogens is 252 g/mol. The van der Waals surface area contributed by atoms with Gasteiger partial charge in [-0.15, -0.1) is 11.8 Å². The van der Waals surface area contributed by atoms with Crippen molar-refractivity contribution in [2.75, 3.05) is 0 Å². The number of carboxylic acid groups (broad SMARTS) is 1. The monoisotopic (exact) mass is 272 g/mol. The van der Waals surface area contributed by atoms with Crippen LogP contribution < -0.4 is 0 Å². The summed E-state index contributed by atoms with van der Waals surface area (Å²) in [6.07, 6.45) is 9.99. The predicted octanol–water partition coefficient (Wildman–Crippen LogP) is 4.07. The van der Waals surface area contributed by atoms with Gasteiger partial charge in [-0.25, -0.2) is 0 Å². The van der Waals surface area contributed by atoms with Crippen LogP contribution in [0.4, 0.5) is 0 Å². The maximum absolute atomic E-state index is 10.7. The average Bonchev–Trinajstić information content (AvgIpc) is 2.24. The molecule has 0 bridgehead atoms. The SMILES string of the molecule is CC/C=C\C=C/C(C)CC(=S)SC(C)C(=O)O. The number of thiocarbonyl (C=S) groups is 1. The van der Waals surface area contributed by atoms with Gasteiger partial charge in [0.05, 0.1) is 0 Å². The molecule has 2 nitrogen and oxygen atoms in total. The molecule has 0 saturated carbocycles. The maximum atomic E-state index is 10.7. The number of hydrogen-bond acceptors (Lipinski definition) is 3. The summed E-state index contributed by atoms with van der Waals surface area (Å²) in [5, 5.41) is 8.30. The van der Waals surface area contributed by atoms with E-state index in [4.69, 9.17) is 17.3 Å². The normalized spacial score (nSPS) is 15.2. The van der Waals surface area contributed by atoms with Crippen LogP contribution in [0.2, 0.25) is 0 Å². The summed E-state index contributed by atoms with van der Waals surface area (Å²) in [6.45, 7) is 5.82. The highest BCUT2D eigenvalue weighted by molar-refractivity contribution is 8.23. The van der Waals surface area contributed by atoms with Gasteiger partial charge in [0, 0.05) is 4.20 Å². The van der Waals surface area contributed by atoms with Gasteiger partial charge in [0.15, 0.2) is 0 Å². The van der Waals surface area contributed by atoms with Crippen molar-refractivity contribution in [2.24, 2.45) is 5.92 Å². The fourth-order valence-electron chi connectivity index (χ4n) is 1.10. The molecule has 0 aliphatic carbocycles. The minimum absolute atomic E-state index is 0.345. The highest BCUT2D eigenvalue weighted by Crippen LogP contribution is 2.19. The molecule has 4 heteroatoms. The van der Waals surface area contributed by atoms with E-state index in [0.29, 0.717) is 5.92 Å². The fraction of sp³-hybridized carbons (Fsp3) is 0.538. The quantitative estimate of drug-likeness (QED) is 0.560. The van der Waals surface area contributed by atoms with E-state index in [-0.39, 0.29) is 0 Å². The number of carboxylic acids is 1. The van der Waals surface area contributed by atoms with Crippen molar-refractivity contribution in [1.82, 2.24) is 0 Å². The van der Waals surface area contributed by atoms with E-state index in [1.165, 1.54) is 11.8 Å². The molecule has 2 atom stereocenters. The first-order chi connectivity index (χ1) is 7.97. The number of allylic oxidation sites excluding steroid dienone is 4. The summed E-state index contributed by atoms with van der Waals surface area (Å²) < 4.78 is 0.761. The minimum Gasteiger partial charge on any atom is -0.480 e. The van der Waals surface area contributed by atoms with Crippen LogP contribution in [0.1, 0.15) is 33.6 Å². The molecule has 1 N–H and O–H groups in total. The van der Waals surface area contributed by atoms with Gasteiger partial charge in [-0.05, 0) is 25.7 Å². The Kier molecular flexibility index (Phi) is 9.09. The maximum Gasteiger partial charge on any atom is 0.316 e. The predicted molar refractivity (Wildman–Crippen MR) is 79.6 cm³/mol. The molecule has 96 valence electrons. The van der Waals surface area contributed by atoms with Crippen molar-refractivity contribution >= 4 is 34.1 Å². The van der Waals surface area contributed by atoms with E-state index >= 15 is 0 Å². The lowest BCUT2D eigenvalue weighted by Gasteiger charge is -2.09. The molecule has 0 aromatic rings. The smallest absolute Gasteiger partial charge is 0.316 e. The molecule has 0 radical (unpaired) electrons. The molecule has 0 fully saturated rings. The Labute approximate surface area is 113 Å². The molecule has 0 amide bonds. The van der Waals surface area contributed by atoms with Gasteiger partial charge < -0.3 is 5.11 Å². The number of rotatable bonds is 7. The first kappa shape index (κ1) is 16.4. The summed E-state index contributed by atoms with van der Waals surface area (Å²) in [6, 6.07) is 0. The number of carbonyl (C=O) groups is 1. The molecule has 0 spiro atoms. The van der Waals surface area contributed by atoms with Gasteiger partial charge in [0.25, 0.3) is 0 Å². The van der Waals surface area contributed by atoms with E-state index in [9.17, 15) is 4.79 Å². The highest BCUT2D eigenvalue weighted by atomic mass is 32.2. The summed E-state index contributed by atoms with van der Waals surface area (Å²) >= 11 is 6.43. The average molecular weight is 272 g/mol. The second-order valence-corrected chi connectivity index (χ2v) is 6.06. The number of aliphatic carboxylic acids is 1. The standard InChI is InChI=1S/C13H20O2S2/c1-4-5-6-7-8-10(2)9-12(16)17-11(3)13(14)15/h5-8,10-11H,4,9H2,1-3H3,(H,14,15)/b6-5-,8-7-. The third-order valence-corrected chi connectivity index (χ3v) is 3.51. The lowest BCUT2D eigenvalue weighted by atomic mass is 10.1. The van der Waals surface area contributed by atoms with Crippen LogP contribution in [-0.4, -0.2) is 20.5 Å². The molecule has 0 aliphatic heterocycles. The molecule has 0 aromatic heterocycles. The molecule has 0 aliphatic rings. The Hall–Kier alpha value is -0.610. The molecule has 17 heavy (non-hydrogen) atoms. The Morgan fingerprint density at radius 2 is 2.06 bits per heavy atom. The van der Waals surface area contributed by atoms with Crippen LogP contribution >= 0.6 is 24.0 Å². The van der Waals surface area contributed by atoms with Crippen molar-refractivity contribution in [1.29, 1.82) is 0 Å². The van der Waals surface area contributed by atoms with Gasteiger partial charge >= 0.3 is 5.97 Å². The van der Waals surface area contributed by atoms with E-state index in [0.717, 1.165) is 17.0 Å². The third-order valence-electron chi connectivity index (χ3n) is 2.07. The van der Waals surface area contributed by atoms with Gasteiger partial charge in [-0.3, -0.25) is 4.79 Å². The van der Waals surface area contributed by atoms with Crippen LogP contribution in [0.5, 0.6) is 0 Å². The fourth-order valence-corrected chi connectivity index (χ4v) is 2.65. The topological polar surface area (TPSA) is 37.3 Å². The molecule has 0 rings (SSSR count). The van der Waals surface area contributed by atoms with E-state index in [2.05, 4.69) is 26.0 Å². The summed E-state index contributed by atoms with van der Waals surface area (Å²) in [5.41, 5.74) is 0. The highest BCUT2D eigenvalue weighted by Gasteiger charge is 2.14. The minimum atomic E-state index is -0.813. The lowest BCUT2D eigenvalue weighted by Crippen LogP contribution is -2.14. The summed E-state index contributed by atoms with van der Waals surface area (Å²) in [7, 11) is 0. The Balaban J connectivity index is 3.99. The zero-order valence-electron chi connectivity index (χ0n) is 10.6. The molecule has 0 saturated heterocycles. The summed E-state index contributed by atoms with van der Waals surface area (Å²) in [5.74, 6) is -0.469. The second kappa shape index (κ2) is 9.42. The Morgan fingerprint density at radius 1 is 1.41 bits per heavy atom. The molecule has 0 heterocycles. The molecule has 0 aromatic carbocycles. The van der Waals surface area contributed by atoms with Crippen LogP contribution in [0.25, 0.3) is 0 Å². The number of thioether (sulfide) groups is 1. The van der Waals surface area contributed by atoms with Crippen LogP contribution in [0.15, 0.2) is 24.3 Å². The number of hydrogen-bond donors (Lipinski definition) is 1. The Morgan fingerprint density at radius 3 is 2.59 bits per heavy atom. The van der Waals surface area contributed by atoms with Crippen LogP contribution in [-0.2, 0) is 4.79 Å². The van der Waals surface area contributed by atoms with Gasteiger partial charge in [-0.2, -0.15) is 0 Å². The summed E-state index contributed by atoms with van der Waals surface area (Å²) in [4.78, 5) is 10.7. The molecule has 2 unspecified atom stereocenters. The van der Waals surface area contributed by atoms with Gasteiger partial charge in [-0.1, -0.05) is 50.4 Å². The largest absolute Gasteiger partial charge is 0.480 e. The van der Waals surface area contributed by atoms with Gasteiger partial charge in [0.2, 0.25) is 0 Å². The van der Waals surface area contributed by atoms with Crippen molar-refractivity contribution < 1.29 is 9.90 Å². The van der Waals surface area contributed by atoms with Gasteiger partial charge in [0.1, 0.15) is 5.25 Å². The van der Waals surface area contributed by atoms with E-state index in [1.807, 2.05) is 12.2 Å². The first-order valence-electron chi connectivity index (χ1n) is 5.73. The van der Waals surface area contributed by atoms with Crippen LogP contribution in [0, 0.1) is 5.92 Å². The van der Waals surface area contributed by atoms with Crippen LogP contribution in [0.3, 0.4) is 0 Å². The van der Waals surface area contributed by atoms with E-state index in [1.54, 1.807) is 6.92 Å². The second-order valence-electron chi connectivity index (χ2n) is 3.87.